The molecule has 21 heavy (non-hydrogen) atoms. The number of rotatable bonds is 6. The molecule has 1 aromatic heterocycles. The van der Waals surface area contributed by atoms with Crippen LogP contribution in [0.2, 0.25) is 0 Å². The summed E-state index contributed by atoms with van der Waals surface area (Å²) in [5.41, 5.74) is 6.96. The zero-order valence-electron chi connectivity index (χ0n) is 11.8. The SMILES string of the molecule is CCOC(=O)c1nnn(CC(O)c2ccccc2)c1CN. The third-order valence-corrected chi connectivity index (χ3v) is 3.03. The highest BCUT2D eigenvalue weighted by atomic mass is 16.5. The van der Waals surface area contributed by atoms with Crippen molar-refractivity contribution in [2.45, 2.75) is 26.1 Å². The number of nitrogens with two attached hydrogens (primary N) is 1. The summed E-state index contributed by atoms with van der Waals surface area (Å²) in [4.78, 5) is 11.7. The van der Waals surface area contributed by atoms with Crippen LogP contribution in [0.15, 0.2) is 30.3 Å². The van der Waals surface area contributed by atoms with Gasteiger partial charge in [0.25, 0.3) is 0 Å². The molecule has 2 rings (SSSR count). The summed E-state index contributed by atoms with van der Waals surface area (Å²) in [6.07, 6.45) is -0.756. The maximum absolute atomic E-state index is 11.7. The second-order valence-electron chi connectivity index (χ2n) is 4.42. The van der Waals surface area contributed by atoms with Gasteiger partial charge in [-0.25, -0.2) is 9.48 Å². The number of aliphatic hydroxyl groups excluding tert-OH is 1. The van der Waals surface area contributed by atoms with Gasteiger partial charge in [0.1, 0.15) is 0 Å². The Balaban J connectivity index is 2.19. The maximum Gasteiger partial charge on any atom is 0.360 e. The van der Waals surface area contributed by atoms with Crippen LogP contribution in [-0.2, 0) is 17.8 Å². The van der Waals surface area contributed by atoms with Crippen LogP contribution in [0.25, 0.3) is 0 Å². The average molecular weight is 290 g/mol. The van der Waals surface area contributed by atoms with Gasteiger partial charge in [-0.1, -0.05) is 35.5 Å². The summed E-state index contributed by atoms with van der Waals surface area (Å²) in [5.74, 6) is -0.557. The molecule has 0 saturated carbocycles. The zero-order valence-corrected chi connectivity index (χ0v) is 11.8. The van der Waals surface area contributed by atoms with Gasteiger partial charge in [-0.15, -0.1) is 5.10 Å². The van der Waals surface area contributed by atoms with Crippen molar-refractivity contribution >= 4 is 5.97 Å². The molecule has 1 aromatic carbocycles. The third kappa shape index (κ3) is 3.45. The normalized spacial score (nSPS) is 12.1. The summed E-state index contributed by atoms with van der Waals surface area (Å²) < 4.78 is 6.33. The molecular weight excluding hydrogens is 272 g/mol. The number of nitrogens with zero attached hydrogens (tertiary/aromatic N) is 3. The lowest BCUT2D eigenvalue weighted by Gasteiger charge is -2.12. The first-order chi connectivity index (χ1) is 10.2. The lowest BCUT2D eigenvalue weighted by molar-refractivity contribution is 0.0517. The van der Waals surface area contributed by atoms with E-state index in [1.165, 1.54) is 4.68 Å². The minimum absolute atomic E-state index is 0.0860. The molecular formula is C14H18N4O3. The number of ether oxygens (including phenoxy) is 1. The predicted octanol–water partition coefficient (Wildman–Crippen LogP) is 0.647. The quantitative estimate of drug-likeness (QED) is 0.757. The van der Waals surface area contributed by atoms with Gasteiger partial charge in [-0.2, -0.15) is 0 Å². The Kier molecular flexibility index (Phi) is 5.02. The van der Waals surface area contributed by atoms with Crippen molar-refractivity contribution in [2.24, 2.45) is 5.73 Å². The van der Waals surface area contributed by atoms with Gasteiger partial charge in [-0.3, -0.25) is 0 Å². The molecule has 112 valence electrons. The van der Waals surface area contributed by atoms with E-state index in [-0.39, 0.29) is 25.4 Å². The Labute approximate surface area is 122 Å². The first-order valence-electron chi connectivity index (χ1n) is 6.70. The van der Waals surface area contributed by atoms with E-state index in [9.17, 15) is 9.90 Å². The number of hydrogen-bond donors (Lipinski definition) is 2. The summed E-state index contributed by atoms with van der Waals surface area (Å²) in [6, 6.07) is 9.18. The first-order valence-corrected chi connectivity index (χ1v) is 6.70. The third-order valence-electron chi connectivity index (χ3n) is 3.03. The molecule has 1 unspecified atom stereocenters. The molecule has 0 aliphatic heterocycles. The van der Waals surface area contributed by atoms with Crippen LogP contribution in [0.3, 0.4) is 0 Å². The van der Waals surface area contributed by atoms with Crippen LogP contribution in [0, 0.1) is 0 Å². The van der Waals surface area contributed by atoms with Crippen LogP contribution in [0.5, 0.6) is 0 Å². The maximum atomic E-state index is 11.7. The van der Waals surface area contributed by atoms with Crippen molar-refractivity contribution in [3.05, 3.63) is 47.3 Å². The Hall–Kier alpha value is -2.25. The first kappa shape index (κ1) is 15.1. The molecule has 7 heteroatoms. The number of carbonyl (C=O) groups excluding carboxylic acids is 1. The second-order valence-corrected chi connectivity index (χ2v) is 4.42. The Bertz CT molecular complexity index is 598. The van der Waals surface area contributed by atoms with Crippen LogP contribution in [0.1, 0.15) is 34.8 Å². The largest absolute Gasteiger partial charge is 0.461 e. The van der Waals surface area contributed by atoms with Gasteiger partial charge in [0.15, 0.2) is 5.69 Å². The highest BCUT2D eigenvalue weighted by Gasteiger charge is 2.21. The van der Waals surface area contributed by atoms with E-state index < -0.39 is 12.1 Å². The van der Waals surface area contributed by atoms with Crippen LogP contribution >= 0.6 is 0 Å². The van der Waals surface area contributed by atoms with E-state index in [1.807, 2.05) is 30.3 Å². The summed E-state index contributed by atoms with van der Waals surface area (Å²) in [7, 11) is 0. The van der Waals surface area contributed by atoms with E-state index in [0.717, 1.165) is 5.56 Å². The molecule has 1 atom stereocenters. The van der Waals surface area contributed by atoms with Gasteiger partial charge in [0.05, 0.1) is 24.9 Å². The number of aliphatic hydroxyl groups is 1. The molecule has 3 N–H and O–H groups in total. The van der Waals surface area contributed by atoms with Crippen molar-refractivity contribution < 1.29 is 14.6 Å². The van der Waals surface area contributed by atoms with E-state index in [0.29, 0.717) is 5.69 Å². The summed E-state index contributed by atoms with van der Waals surface area (Å²) in [6.45, 7) is 2.22. The molecule has 1 heterocycles. The molecule has 0 aliphatic carbocycles. The van der Waals surface area contributed by atoms with E-state index in [1.54, 1.807) is 6.92 Å². The fourth-order valence-electron chi connectivity index (χ4n) is 1.98. The molecule has 0 amide bonds. The van der Waals surface area contributed by atoms with Gasteiger partial charge in [-0.05, 0) is 12.5 Å². The number of carbonyl (C=O) groups is 1. The number of hydrogen-bond acceptors (Lipinski definition) is 6. The monoisotopic (exact) mass is 290 g/mol. The topological polar surface area (TPSA) is 103 Å². The van der Waals surface area contributed by atoms with Crippen molar-refractivity contribution in [3.63, 3.8) is 0 Å². The van der Waals surface area contributed by atoms with Gasteiger partial charge in [0, 0.05) is 6.54 Å². The van der Waals surface area contributed by atoms with Crippen molar-refractivity contribution in [1.82, 2.24) is 15.0 Å². The summed E-state index contributed by atoms with van der Waals surface area (Å²) in [5, 5.41) is 17.9. The smallest absolute Gasteiger partial charge is 0.360 e. The minimum atomic E-state index is -0.756. The minimum Gasteiger partial charge on any atom is -0.461 e. The zero-order chi connectivity index (χ0) is 15.2. The second kappa shape index (κ2) is 6.96. The average Bonchev–Trinajstić information content (AvgIpc) is 2.91. The molecule has 0 bridgehead atoms. The van der Waals surface area contributed by atoms with Gasteiger partial charge in [0.2, 0.25) is 0 Å². The van der Waals surface area contributed by atoms with E-state index in [2.05, 4.69) is 10.3 Å². The number of esters is 1. The molecule has 0 fully saturated rings. The fraction of sp³-hybridized carbons (Fsp3) is 0.357. The Morgan fingerprint density at radius 2 is 2.14 bits per heavy atom. The Morgan fingerprint density at radius 3 is 2.76 bits per heavy atom. The van der Waals surface area contributed by atoms with Gasteiger partial charge < -0.3 is 15.6 Å². The standard InChI is InChI=1S/C14H18N4O3/c1-2-21-14(20)13-11(8-15)18(17-16-13)9-12(19)10-6-4-3-5-7-10/h3-7,12,19H,2,8-9,15H2,1H3. The molecule has 0 aliphatic rings. The number of aromatic nitrogens is 3. The van der Waals surface area contributed by atoms with E-state index in [4.69, 9.17) is 10.5 Å². The lowest BCUT2D eigenvalue weighted by atomic mass is 10.1. The Morgan fingerprint density at radius 1 is 1.43 bits per heavy atom. The molecule has 2 aromatic rings. The van der Waals surface area contributed by atoms with Crippen LogP contribution < -0.4 is 5.73 Å². The van der Waals surface area contributed by atoms with Gasteiger partial charge >= 0.3 is 5.97 Å². The molecule has 0 saturated heterocycles. The molecule has 0 radical (unpaired) electrons. The van der Waals surface area contributed by atoms with Crippen molar-refractivity contribution in [1.29, 1.82) is 0 Å². The van der Waals surface area contributed by atoms with E-state index >= 15 is 0 Å². The molecule has 0 spiro atoms. The fourth-order valence-corrected chi connectivity index (χ4v) is 1.98. The number of benzene rings is 1. The summed E-state index contributed by atoms with van der Waals surface area (Å²) >= 11 is 0. The van der Waals surface area contributed by atoms with Crippen LogP contribution in [0.4, 0.5) is 0 Å². The van der Waals surface area contributed by atoms with Crippen molar-refractivity contribution in [3.8, 4) is 0 Å². The van der Waals surface area contributed by atoms with Crippen LogP contribution in [-0.4, -0.2) is 32.7 Å². The molecule has 7 nitrogen and oxygen atoms in total. The lowest BCUT2D eigenvalue weighted by Crippen LogP contribution is -2.17. The highest BCUT2D eigenvalue weighted by molar-refractivity contribution is 5.88. The predicted molar refractivity (Wildman–Crippen MR) is 75.3 cm³/mol. The van der Waals surface area contributed by atoms with Crippen molar-refractivity contribution in [2.75, 3.05) is 6.61 Å². The highest BCUT2D eigenvalue weighted by Crippen LogP contribution is 2.16.